The zero-order valence-electron chi connectivity index (χ0n) is 9.68. The number of rotatable bonds is 3. The molecule has 17 heavy (non-hydrogen) atoms. The van der Waals surface area contributed by atoms with E-state index in [1.165, 1.54) is 0 Å². The molecule has 2 aromatic heterocycles. The number of aromatic nitrogens is 2. The van der Waals surface area contributed by atoms with Gasteiger partial charge in [-0.05, 0) is 38.0 Å². The summed E-state index contributed by atoms with van der Waals surface area (Å²) in [5.74, 6) is 2.34. The summed E-state index contributed by atoms with van der Waals surface area (Å²) in [5, 5.41) is 9.37. The van der Waals surface area contributed by atoms with E-state index in [0.29, 0.717) is 0 Å². The first-order valence-corrected chi connectivity index (χ1v) is 5.75. The largest absolute Gasteiger partial charge is 0.460 e. The van der Waals surface area contributed by atoms with E-state index in [-0.39, 0.29) is 12.0 Å². The van der Waals surface area contributed by atoms with Crippen LogP contribution in [0, 0.1) is 6.92 Å². The molecule has 2 heterocycles. The van der Waals surface area contributed by atoms with Gasteiger partial charge in [-0.3, -0.25) is 0 Å². The molecule has 1 aliphatic rings. The van der Waals surface area contributed by atoms with E-state index in [9.17, 15) is 5.11 Å². The molecule has 1 aliphatic carbocycles. The number of nitrogens with zero attached hydrogens (tertiary/aromatic N) is 2. The first kappa shape index (κ1) is 10.5. The van der Waals surface area contributed by atoms with Crippen LogP contribution in [0.2, 0.25) is 0 Å². The highest BCUT2D eigenvalue weighted by Gasteiger charge is 2.46. The van der Waals surface area contributed by atoms with Crippen molar-refractivity contribution < 1.29 is 9.52 Å². The molecule has 4 nitrogen and oxygen atoms in total. The van der Waals surface area contributed by atoms with Gasteiger partial charge in [0, 0.05) is 6.20 Å². The first-order valence-electron chi connectivity index (χ1n) is 5.75. The van der Waals surface area contributed by atoms with Gasteiger partial charge in [-0.15, -0.1) is 0 Å². The van der Waals surface area contributed by atoms with Crippen molar-refractivity contribution in [1.29, 1.82) is 0 Å². The van der Waals surface area contributed by atoms with Crippen molar-refractivity contribution >= 4 is 0 Å². The Hall–Kier alpha value is -1.68. The molecule has 4 heteroatoms. The van der Waals surface area contributed by atoms with Crippen molar-refractivity contribution in [2.24, 2.45) is 0 Å². The Balaban J connectivity index is 2.00. The van der Waals surface area contributed by atoms with Gasteiger partial charge < -0.3 is 9.52 Å². The van der Waals surface area contributed by atoms with E-state index in [1.807, 2.05) is 25.1 Å². The summed E-state index contributed by atoms with van der Waals surface area (Å²) in [7, 11) is 0. The lowest BCUT2D eigenvalue weighted by Gasteiger charge is -2.09. The summed E-state index contributed by atoms with van der Waals surface area (Å²) in [5.41, 5.74) is 0.584. The second kappa shape index (κ2) is 3.67. The van der Waals surface area contributed by atoms with E-state index in [4.69, 9.17) is 4.42 Å². The Labute approximate surface area is 99.3 Å². The van der Waals surface area contributed by atoms with Gasteiger partial charge in [0.15, 0.2) is 5.76 Å². The van der Waals surface area contributed by atoms with Crippen LogP contribution < -0.4 is 0 Å². The fourth-order valence-electron chi connectivity index (χ4n) is 1.93. The van der Waals surface area contributed by atoms with Gasteiger partial charge in [-0.2, -0.15) is 0 Å². The number of furan rings is 1. The maximum Gasteiger partial charge on any atom is 0.152 e. The summed E-state index contributed by atoms with van der Waals surface area (Å²) in [6, 6.07) is 5.64. The Kier molecular flexibility index (Phi) is 2.26. The molecule has 0 atom stereocenters. The Morgan fingerprint density at radius 1 is 1.35 bits per heavy atom. The number of aliphatic hydroxyl groups is 1. The molecule has 2 aromatic rings. The average molecular weight is 230 g/mol. The number of hydrogen-bond donors (Lipinski definition) is 1. The quantitative estimate of drug-likeness (QED) is 0.876. The van der Waals surface area contributed by atoms with Crippen molar-refractivity contribution in [3.8, 4) is 11.5 Å². The Bertz CT molecular complexity index is 544. The minimum Gasteiger partial charge on any atom is -0.460 e. The van der Waals surface area contributed by atoms with Crippen LogP contribution in [-0.4, -0.2) is 21.7 Å². The highest BCUT2D eigenvalue weighted by molar-refractivity contribution is 5.52. The van der Waals surface area contributed by atoms with Crippen LogP contribution >= 0.6 is 0 Å². The second-order valence-corrected chi connectivity index (χ2v) is 4.61. The van der Waals surface area contributed by atoms with Crippen molar-refractivity contribution in [1.82, 2.24) is 9.97 Å². The van der Waals surface area contributed by atoms with E-state index < -0.39 is 0 Å². The third kappa shape index (κ3) is 1.74. The zero-order valence-corrected chi connectivity index (χ0v) is 9.68. The van der Waals surface area contributed by atoms with Crippen LogP contribution in [0.3, 0.4) is 0 Å². The van der Waals surface area contributed by atoms with Gasteiger partial charge >= 0.3 is 0 Å². The smallest absolute Gasteiger partial charge is 0.152 e. The molecule has 3 rings (SSSR count). The highest BCUT2D eigenvalue weighted by atomic mass is 16.3. The SMILES string of the molecule is Cc1ccc(-c2ccnc(C3(CO)CC3)n2)o1. The van der Waals surface area contributed by atoms with Gasteiger partial charge in [-0.1, -0.05) is 0 Å². The van der Waals surface area contributed by atoms with Crippen molar-refractivity contribution in [3.05, 3.63) is 36.0 Å². The minimum atomic E-state index is -0.197. The van der Waals surface area contributed by atoms with Crippen LogP contribution in [0.1, 0.15) is 24.4 Å². The van der Waals surface area contributed by atoms with E-state index in [2.05, 4.69) is 9.97 Å². The molecule has 0 saturated heterocycles. The summed E-state index contributed by atoms with van der Waals surface area (Å²) in [4.78, 5) is 8.76. The Morgan fingerprint density at radius 3 is 2.76 bits per heavy atom. The number of hydrogen-bond acceptors (Lipinski definition) is 4. The third-order valence-corrected chi connectivity index (χ3v) is 3.28. The fourth-order valence-corrected chi connectivity index (χ4v) is 1.93. The maximum atomic E-state index is 9.37. The van der Waals surface area contributed by atoms with Crippen LogP contribution in [0.5, 0.6) is 0 Å². The van der Waals surface area contributed by atoms with Gasteiger partial charge in [0.2, 0.25) is 0 Å². The molecule has 1 saturated carbocycles. The first-order chi connectivity index (χ1) is 8.23. The predicted octanol–water partition coefficient (Wildman–Crippen LogP) is 2.07. The lowest BCUT2D eigenvalue weighted by atomic mass is 10.1. The molecule has 1 N–H and O–H groups in total. The average Bonchev–Trinajstić information content (AvgIpc) is 3.06. The Morgan fingerprint density at radius 2 is 2.18 bits per heavy atom. The molecule has 0 aromatic carbocycles. The number of aryl methyl sites for hydroxylation is 1. The molecule has 0 radical (unpaired) electrons. The molecule has 0 bridgehead atoms. The van der Waals surface area contributed by atoms with Crippen LogP contribution in [-0.2, 0) is 5.41 Å². The summed E-state index contributed by atoms with van der Waals surface area (Å²) >= 11 is 0. The van der Waals surface area contributed by atoms with E-state index >= 15 is 0 Å². The van der Waals surface area contributed by atoms with Gasteiger partial charge in [-0.25, -0.2) is 9.97 Å². The third-order valence-electron chi connectivity index (χ3n) is 3.28. The minimum absolute atomic E-state index is 0.119. The molecule has 0 aliphatic heterocycles. The second-order valence-electron chi connectivity index (χ2n) is 4.61. The molecular weight excluding hydrogens is 216 g/mol. The maximum absolute atomic E-state index is 9.37. The lowest BCUT2D eigenvalue weighted by molar-refractivity contribution is 0.250. The molecule has 1 fully saturated rings. The monoisotopic (exact) mass is 230 g/mol. The molecule has 0 unspecified atom stereocenters. The fraction of sp³-hybridized carbons (Fsp3) is 0.385. The highest BCUT2D eigenvalue weighted by Crippen LogP contribution is 2.46. The topological polar surface area (TPSA) is 59.2 Å². The standard InChI is InChI=1S/C13H14N2O2/c1-9-2-3-11(17-9)10-4-7-14-12(15-10)13(8-16)5-6-13/h2-4,7,16H,5-6,8H2,1H3. The normalized spacial score (nSPS) is 17.1. The molecular formula is C13H14N2O2. The van der Waals surface area contributed by atoms with Gasteiger partial charge in [0.25, 0.3) is 0 Å². The van der Waals surface area contributed by atoms with Crippen LogP contribution in [0.25, 0.3) is 11.5 Å². The van der Waals surface area contributed by atoms with E-state index in [0.717, 1.165) is 35.9 Å². The van der Waals surface area contributed by atoms with Crippen LogP contribution in [0.4, 0.5) is 0 Å². The lowest BCUT2D eigenvalue weighted by Crippen LogP contribution is -2.16. The summed E-state index contributed by atoms with van der Waals surface area (Å²) in [6.45, 7) is 2.02. The predicted molar refractivity (Wildman–Crippen MR) is 62.5 cm³/mol. The zero-order chi connectivity index (χ0) is 11.9. The van der Waals surface area contributed by atoms with Crippen molar-refractivity contribution in [2.75, 3.05) is 6.61 Å². The summed E-state index contributed by atoms with van der Waals surface area (Å²) < 4.78 is 5.54. The van der Waals surface area contributed by atoms with Crippen molar-refractivity contribution in [2.45, 2.75) is 25.2 Å². The van der Waals surface area contributed by atoms with Gasteiger partial charge in [0.1, 0.15) is 17.3 Å². The van der Waals surface area contributed by atoms with Crippen LogP contribution in [0.15, 0.2) is 28.8 Å². The molecule has 0 amide bonds. The van der Waals surface area contributed by atoms with E-state index in [1.54, 1.807) is 6.20 Å². The summed E-state index contributed by atoms with van der Waals surface area (Å²) in [6.07, 6.45) is 3.65. The molecule has 88 valence electrons. The van der Waals surface area contributed by atoms with Crippen molar-refractivity contribution in [3.63, 3.8) is 0 Å². The molecule has 0 spiro atoms. The number of aliphatic hydroxyl groups excluding tert-OH is 1. The van der Waals surface area contributed by atoms with Gasteiger partial charge in [0.05, 0.1) is 12.0 Å².